The van der Waals surface area contributed by atoms with Gasteiger partial charge in [0.25, 0.3) is 0 Å². The Morgan fingerprint density at radius 2 is 1.51 bits per heavy atom. The summed E-state index contributed by atoms with van der Waals surface area (Å²) in [4.78, 5) is 30.3. The smallest absolute Gasteiger partial charge is 0.339 e. The second kappa shape index (κ2) is 10.6. The summed E-state index contributed by atoms with van der Waals surface area (Å²) in [6.07, 6.45) is 0. The topological polar surface area (TPSA) is 84.0 Å². The highest BCUT2D eigenvalue weighted by atomic mass is 79.9. The fraction of sp³-hybridized carbons (Fsp3) is 0.148. The van der Waals surface area contributed by atoms with Crippen LogP contribution in [-0.4, -0.2) is 44.7 Å². The second-order valence-electron chi connectivity index (χ2n) is 7.49. The number of para-hydroxylation sites is 1. The summed E-state index contributed by atoms with van der Waals surface area (Å²) in [5, 5.41) is 0.616. The summed E-state index contributed by atoms with van der Waals surface area (Å²) in [5.41, 5.74) is 2.52. The molecule has 4 aromatic rings. The maximum Gasteiger partial charge on any atom is 0.339 e. The van der Waals surface area contributed by atoms with E-state index in [1.54, 1.807) is 54.6 Å². The van der Waals surface area contributed by atoms with Crippen LogP contribution in [0.15, 0.2) is 71.2 Å². The van der Waals surface area contributed by atoms with Crippen LogP contribution in [0.25, 0.3) is 22.2 Å². The Morgan fingerprint density at radius 3 is 2.14 bits per heavy atom. The molecule has 0 saturated heterocycles. The number of methoxy groups -OCH3 is 3. The number of halogens is 1. The summed E-state index contributed by atoms with van der Waals surface area (Å²) >= 11 is 3.34. The predicted octanol–water partition coefficient (Wildman–Crippen LogP) is 5.73. The highest BCUT2D eigenvalue weighted by Gasteiger charge is 2.20. The average molecular weight is 536 g/mol. The van der Waals surface area contributed by atoms with E-state index in [1.807, 2.05) is 12.1 Å². The number of fused-ring (bicyclic) bond motifs is 1. The molecule has 0 N–H and O–H groups in total. The molecule has 1 heterocycles. The van der Waals surface area contributed by atoms with E-state index in [2.05, 4.69) is 15.9 Å². The predicted molar refractivity (Wildman–Crippen MR) is 136 cm³/mol. The molecule has 0 aliphatic carbocycles. The number of pyridine rings is 1. The van der Waals surface area contributed by atoms with Gasteiger partial charge in [0.05, 0.1) is 38.1 Å². The maximum atomic E-state index is 13.1. The highest BCUT2D eigenvalue weighted by molar-refractivity contribution is 9.10. The number of ketones is 1. The van der Waals surface area contributed by atoms with Gasteiger partial charge in [0.1, 0.15) is 0 Å². The van der Waals surface area contributed by atoms with E-state index in [0.717, 1.165) is 4.47 Å². The zero-order valence-electron chi connectivity index (χ0n) is 19.3. The van der Waals surface area contributed by atoms with E-state index >= 15 is 0 Å². The SMILES string of the molecule is COc1cc(-c2cc(C(=O)OCC(=O)c3ccc(Br)cc3)c3ccccc3n2)cc(OC)c1OC. The van der Waals surface area contributed by atoms with E-state index < -0.39 is 5.97 Å². The number of nitrogens with zero attached hydrogens (tertiary/aromatic N) is 1. The third kappa shape index (κ3) is 5.12. The summed E-state index contributed by atoms with van der Waals surface area (Å²) in [6.45, 7) is -0.378. The molecule has 0 unspecified atom stereocenters. The monoisotopic (exact) mass is 535 g/mol. The van der Waals surface area contributed by atoms with Gasteiger partial charge in [0, 0.05) is 21.0 Å². The first-order valence-electron chi connectivity index (χ1n) is 10.6. The minimum absolute atomic E-state index is 0.294. The van der Waals surface area contributed by atoms with Crippen molar-refractivity contribution in [3.63, 3.8) is 0 Å². The van der Waals surface area contributed by atoms with Crippen LogP contribution in [0.4, 0.5) is 0 Å². The van der Waals surface area contributed by atoms with Crippen molar-refractivity contribution in [3.05, 3.63) is 82.3 Å². The molecule has 0 atom stereocenters. The zero-order valence-corrected chi connectivity index (χ0v) is 20.9. The number of benzene rings is 3. The fourth-order valence-corrected chi connectivity index (χ4v) is 3.91. The molecule has 0 saturated carbocycles. The Morgan fingerprint density at radius 1 is 0.857 bits per heavy atom. The minimum Gasteiger partial charge on any atom is -0.493 e. The Bertz CT molecular complexity index is 1380. The number of carbonyl (C=O) groups excluding carboxylic acids is 2. The van der Waals surface area contributed by atoms with Crippen molar-refractivity contribution >= 4 is 38.6 Å². The molecule has 1 aromatic heterocycles. The van der Waals surface area contributed by atoms with Gasteiger partial charge in [-0.25, -0.2) is 9.78 Å². The van der Waals surface area contributed by atoms with Crippen molar-refractivity contribution in [1.82, 2.24) is 4.98 Å². The van der Waals surface area contributed by atoms with E-state index in [0.29, 0.717) is 50.5 Å². The van der Waals surface area contributed by atoms with E-state index in [-0.39, 0.29) is 12.4 Å². The first-order chi connectivity index (χ1) is 16.9. The lowest BCUT2D eigenvalue weighted by atomic mass is 10.0. The molecule has 178 valence electrons. The molecule has 8 heteroatoms. The first-order valence-corrected chi connectivity index (χ1v) is 11.4. The molecule has 0 bridgehead atoms. The maximum absolute atomic E-state index is 13.1. The van der Waals surface area contributed by atoms with Gasteiger partial charge < -0.3 is 18.9 Å². The van der Waals surface area contributed by atoms with Gasteiger partial charge in [0.15, 0.2) is 23.9 Å². The van der Waals surface area contributed by atoms with Crippen molar-refractivity contribution in [2.45, 2.75) is 0 Å². The molecule has 3 aromatic carbocycles. The van der Waals surface area contributed by atoms with Gasteiger partial charge in [-0.05, 0) is 36.4 Å². The Labute approximate surface area is 210 Å². The number of Topliss-reactive ketones (excluding diaryl/α,β-unsaturated/α-hetero) is 1. The second-order valence-corrected chi connectivity index (χ2v) is 8.41. The first kappa shape index (κ1) is 24.2. The van der Waals surface area contributed by atoms with Crippen LogP contribution >= 0.6 is 15.9 Å². The summed E-state index contributed by atoms with van der Waals surface area (Å²) in [5.74, 6) is 0.449. The Kier molecular flexibility index (Phi) is 7.31. The van der Waals surface area contributed by atoms with Crippen LogP contribution in [-0.2, 0) is 4.74 Å². The van der Waals surface area contributed by atoms with Crippen molar-refractivity contribution in [1.29, 1.82) is 0 Å². The average Bonchev–Trinajstić information content (AvgIpc) is 2.90. The number of ether oxygens (including phenoxy) is 4. The Balaban J connectivity index is 1.71. The Hall–Kier alpha value is -3.91. The largest absolute Gasteiger partial charge is 0.493 e. The third-order valence-electron chi connectivity index (χ3n) is 5.40. The molecule has 35 heavy (non-hydrogen) atoms. The normalized spacial score (nSPS) is 10.6. The molecule has 0 aliphatic heterocycles. The standard InChI is InChI=1S/C27H22BrNO6/c1-32-24-12-17(13-25(33-2)26(24)34-3)22-14-20(19-6-4-5-7-21(19)29-22)27(31)35-15-23(30)16-8-10-18(28)11-9-16/h4-14H,15H2,1-3H3. The molecule has 0 aliphatic rings. The molecule has 4 rings (SSSR count). The van der Waals surface area contributed by atoms with E-state index in [4.69, 9.17) is 23.9 Å². The van der Waals surface area contributed by atoms with Crippen molar-refractivity contribution in [3.8, 4) is 28.5 Å². The lowest BCUT2D eigenvalue weighted by molar-refractivity contribution is 0.0476. The number of hydrogen-bond donors (Lipinski definition) is 0. The molecular weight excluding hydrogens is 514 g/mol. The summed E-state index contributed by atoms with van der Waals surface area (Å²) in [6, 6.07) is 19.2. The lowest BCUT2D eigenvalue weighted by Gasteiger charge is -2.15. The van der Waals surface area contributed by atoms with Crippen molar-refractivity contribution in [2.24, 2.45) is 0 Å². The molecule has 0 fully saturated rings. The van der Waals surface area contributed by atoms with Gasteiger partial charge in [-0.15, -0.1) is 0 Å². The summed E-state index contributed by atoms with van der Waals surface area (Å²) in [7, 11) is 4.58. The van der Waals surface area contributed by atoms with Gasteiger partial charge in [-0.1, -0.05) is 46.3 Å². The van der Waals surface area contributed by atoms with Gasteiger partial charge >= 0.3 is 5.97 Å². The zero-order chi connectivity index (χ0) is 24.9. The number of hydrogen-bond acceptors (Lipinski definition) is 7. The quantitative estimate of drug-likeness (QED) is 0.210. The van der Waals surface area contributed by atoms with Gasteiger partial charge in [-0.3, -0.25) is 4.79 Å². The molecule has 0 radical (unpaired) electrons. The van der Waals surface area contributed by atoms with Crippen molar-refractivity contribution in [2.75, 3.05) is 27.9 Å². The number of rotatable bonds is 8. The van der Waals surface area contributed by atoms with Crippen LogP contribution in [0, 0.1) is 0 Å². The lowest BCUT2D eigenvalue weighted by Crippen LogP contribution is -2.15. The van der Waals surface area contributed by atoms with Crippen LogP contribution < -0.4 is 14.2 Å². The molecule has 7 nitrogen and oxygen atoms in total. The summed E-state index contributed by atoms with van der Waals surface area (Å²) < 4.78 is 22.6. The van der Waals surface area contributed by atoms with Gasteiger partial charge in [0.2, 0.25) is 5.75 Å². The van der Waals surface area contributed by atoms with Crippen molar-refractivity contribution < 1.29 is 28.5 Å². The van der Waals surface area contributed by atoms with Gasteiger partial charge in [-0.2, -0.15) is 0 Å². The number of esters is 1. The minimum atomic E-state index is -0.622. The number of carbonyl (C=O) groups is 2. The number of aromatic nitrogens is 1. The highest BCUT2D eigenvalue weighted by Crippen LogP contribution is 2.41. The van der Waals surface area contributed by atoms with E-state index in [1.165, 1.54) is 21.3 Å². The molecule has 0 spiro atoms. The fourth-order valence-electron chi connectivity index (χ4n) is 3.65. The van der Waals surface area contributed by atoms with Crippen LogP contribution in [0.2, 0.25) is 0 Å². The van der Waals surface area contributed by atoms with Crippen LogP contribution in [0.3, 0.4) is 0 Å². The van der Waals surface area contributed by atoms with Crippen LogP contribution in [0.1, 0.15) is 20.7 Å². The van der Waals surface area contributed by atoms with Crippen LogP contribution in [0.5, 0.6) is 17.2 Å². The molecular formula is C27H22BrNO6. The third-order valence-corrected chi connectivity index (χ3v) is 5.93. The van der Waals surface area contributed by atoms with E-state index in [9.17, 15) is 9.59 Å². The molecule has 0 amide bonds.